The molecule has 5 nitrogen and oxygen atoms in total. The summed E-state index contributed by atoms with van der Waals surface area (Å²) >= 11 is 5.86. The minimum Gasteiger partial charge on any atom is -0.395 e. The maximum Gasteiger partial charge on any atom is 0.247 e. The molecule has 0 radical (unpaired) electrons. The van der Waals surface area contributed by atoms with E-state index in [-0.39, 0.29) is 18.2 Å². The molecule has 0 saturated carbocycles. The van der Waals surface area contributed by atoms with Crippen molar-refractivity contribution in [3.05, 3.63) is 29.0 Å². The van der Waals surface area contributed by atoms with Crippen LogP contribution in [0.2, 0.25) is 5.02 Å². The van der Waals surface area contributed by atoms with Crippen molar-refractivity contribution in [3.8, 4) is 0 Å². The van der Waals surface area contributed by atoms with Gasteiger partial charge in [-0.2, -0.15) is 4.31 Å². The number of aliphatic hydroxyl groups is 1. The van der Waals surface area contributed by atoms with Crippen LogP contribution in [0, 0.1) is 5.82 Å². The maximum atomic E-state index is 13.9. The van der Waals surface area contributed by atoms with E-state index < -0.39 is 20.7 Å². The number of aliphatic hydroxyl groups excluding tert-OH is 1. The predicted molar refractivity (Wildman–Crippen MR) is 78.3 cm³/mol. The summed E-state index contributed by atoms with van der Waals surface area (Å²) in [6.45, 7) is 2.33. The van der Waals surface area contributed by atoms with Crippen molar-refractivity contribution in [2.45, 2.75) is 11.3 Å². The third kappa shape index (κ3) is 3.73. The molecule has 0 bridgehead atoms. The molecule has 118 valence electrons. The number of rotatable bonds is 4. The highest BCUT2D eigenvalue weighted by Gasteiger charge is 2.31. The van der Waals surface area contributed by atoms with E-state index in [4.69, 9.17) is 16.7 Å². The minimum absolute atomic E-state index is 0.0336. The van der Waals surface area contributed by atoms with E-state index in [0.29, 0.717) is 32.6 Å². The van der Waals surface area contributed by atoms with E-state index in [1.165, 1.54) is 16.4 Å². The zero-order valence-corrected chi connectivity index (χ0v) is 13.1. The van der Waals surface area contributed by atoms with Crippen LogP contribution >= 0.6 is 11.6 Å². The number of nitrogens with zero attached hydrogens (tertiary/aromatic N) is 2. The van der Waals surface area contributed by atoms with Gasteiger partial charge < -0.3 is 5.11 Å². The van der Waals surface area contributed by atoms with Crippen LogP contribution in [0.5, 0.6) is 0 Å². The van der Waals surface area contributed by atoms with Crippen LogP contribution in [0.15, 0.2) is 23.1 Å². The van der Waals surface area contributed by atoms with Gasteiger partial charge in [0.1, 0.15) is 10.7 Å². The van der Waals surface area contributed by atoms with Gasteiger partial charge in [0.25, 0.3) is 0 Å². The van der Waals surface area contributed by atoms with Crippen LogP contribution in [0.3, 0.4) is 0 Å². The molecule has 0 aliphatic carbocycles. The van der Waals surface area contributed by atoms with Crippen molar-refractivity contribution >= 4 is 21.6 Å². The van der Waals surface area contributed by atoms with E-state index in [1.54, 1.807) is 0 Å². The van der Waals surface area contributed by atoms with Gasteiger partial charge in [-0.3, -0.25) is 4.90 Å². The van der Waals surface area contributed by atoms with Crippen LogP contribution in [-0.4, -0.2) is 62.1 Å². The summed E-state index contributed by atoms with van der Waals surface area (Å²) in [6.07, 6.45) is 0.630. The van der Waals surface area contributed by atoms with E-state index in [1.807, 2.05) is 4.90 Å². The zero-order valence-electron chi connectivity index (χ0n) is 11.5. The van der Waals surface area contributed by atoms with E-state index in [0.717, 1.165) is 6.07 Å². The molecule has 21 heavy (non-hydrogen) atoms. The molecule has 2 rings (SSSR count). The molecule has 1 saturated heterocycles. The first-order valence-corrected chi connectivity index (χ1v) is 8.56. The standard InChI is InChI=1S/C13H18ClFN2O3S/c14-11-3-1-4-12(15)13(11)21(19,20)17-6-2-5-16(7-8-17)9-10-18/h1,3-4,18H,2,5-10H2. The molecule has 1 aromatic rings. The lowest BCUT2D eigenvalue weighted by atomic mass is 10.3. The van der Waals surface area contributed by atoms with Crippen LogP contribution in [0.4, 0.5) is 4.39 Å². The quantitative estimate of drug-likeness (QED) is 0.896. The number of benzene rings is 1. The van der Waals surface area contributed by atoms with Crippen molar-refractivity contribution < 1.29 is 17.9 Å². The van der Waals surface area contributed by atoms with Crippen LogP contribution < -0.4 is 0 Å². The summed E-state index contributed by atoms with van der Waals surface area (Å²) in [6, 6.07) is 3.84. The van der Waals surface area contributed by atoms with Crippen molar-refractivity contribution in [2.75, 3.05) is 39.3 Å². The number of sulfonamides is 1. The van der Waals surface area contributed by atoms with Gasteiger partial charge in [-0.1, -0.05) is 17.7 Å². The van der Waals surface area contributed by atoms with E-state index in [2.05, 4.69) is 0 Å². The van der Waals surface area contributed by atoms with Crippen molar-refractivity contribution in [1.82, 2.24) is 9.21 Å². The Labute approximate surface area is 129 Å². The zero-order chi connectivity index (χ0) is 15.5. The molecule has 0 spiro atoms. The highest BCUT2D eigenvalue weighted by atomic mass is 35.5. The summed E-state index contributed by atoms with van der Waals surface area (Å²) in [7, 11) is -3.95. The molecule has 8 heteroatoms. The third-order valence-electron chi connectivity index (χ3n) is 3.48. The number of β-amino-alcohol motifs (C(OH)–C–C–N with tert-alkyl or cyclic N) is 1. The van der Waals surface area contributed by atoms with E-state index in [9.17, 15) is 12.8 Å². The SMILES string of the molecule is O=S(=O)(c1c(F)cccc1Cl)N1CCCN(CCO)CC1. The molecule has 0 atom stereocenters. The molecule has 0 amide bonds. The van der Waals surface area contributed by atoms with Crippen molar-refractivity contribution in [3.63, 3.8) is 0 Å². The molecule has 0 unspecified atom stereocenters. The molecule has 1 fully saturated rings. The summed E-state index contributed by atoms with van der Waals surface area (Å²) in [5, 5.41) is 8.84. The lowest BCUT2D eigenvalue weighted by molar-refractivity contribution is 0.202. The first-order chi connectivity index (χ1) is 9.96. The van der Waals surface area contributed by atoms with Gasteiger partial charge in [0.05, 0.1) is 11.6 Å². The van der Waals surface area contributed by atoms with Gasteiger partial charge in [0.2, 0.25) is 10.0 Å². The fourth-order valence-electron chi connectivity index (χ4n) is 2.41. The fraction of sp³-hybridized carbons (Fsp3) is 0.538. The van der Waals surface area contributed by atoms with Gasteiger partial charge >= 0.3 is 0 Å². The summed E-state index contributed by atoms with van der Waals surface area (Å²) in [5.74, 6) is -0.834. The Morgan fingerprint density at radius 1 is 1.24 bits per heavy atom. The Morgan fingerprint density at radius 2 is 2.00 bits per heavy atom. The Balaban J connectivity index is 2.24. The fourth-order valence-corrected chi connectivity index (χ4v) is 4.44. The van der Waals surface area contributed by atoms with Crippen LogP contribution in [-0.2, 0) is 10.0 Å². The third-order valence-corrected chi connectivity index (χ3v) is 5.88. The van der Waals surface area contributed by atoms with E-state index >= 15 is 0 Å². The first-order valence-electron chi connectivity index (χ1n) is 6.74. The lowest BCUT2D eigenvalue weighted by Gasteiger charge is -2.21. The molecule has 1 aliphatic rings. The molecule has 1 N–H and O–H groups in total. The van der Waals surface area contributed by atoms with Gasteiger partial charge in [-0.05, 0) is 25.1 Å². The topological polar surface area (TPSA) is 60.9 Å². The maximum absolute atomic E-state index is 13.9. The normalized spacial score (nSPS) is 18.6. The Morgan fingerprint density at radius 3 is 2.67 bits per heavy atom. The molecule has 1 aliphatic heterocycles. The average molecular weight is 337 g/mol. The molecular weight excluding hydrogens is 319 g/mol. The highest BCUT2D eigenvalue weighted by molar-refractivity contribution is 7.89. The van der Waals surface area contributed by atoms with Gasteiger partial charge in [0, 0.05) is 26.2 Å². The Kier molecular flexibility index (Phi) is 5.56. The highest BCUT2D eigenvalue weighted by Crippen LogP contribution is 2.27. The second-order valence-corrected chi connectivity index (χ2v) is 7.16. The van der Waals surface area contributed by atoms with Crippen molar-refractivity contribution in [2.24, 2.45) is 0 Å². The number of halogens is 2. The monoisotopic (exact) mass is 336 g/mol. The first kappa shape index (κ1) is 16.6. The second kappa shape index (κ2) is 7.02. The number of hydrogen-bond donors (Lipinski definition) is 1. The van der Waals surface area contributed by atoms with Gasteiger partial charge in [-0.25, -0.2) is 12.8 Å². The van der Waals surface area contributed by atoms with Gasteiger partial charge in [-0.15, -0.1) is 0 Å². The lowest BCUT2D eigenvalue weighted by Crippen LogP contribution is -2.36. The Hall–Kier alpha value is -0.730. The molecule has 1 aromatic carbocycles. The Bertz CT molecular complexity index is 577. The minimum atomic E-state index is -3.95. The smallest absolute Gasteiger partial charge is 0.247 e. The average Bonchev–Trinajstić information content (AvgIpc) is 2.65. The number of hydrogen-bond acceptors (Lipinski definition) is 4. The summed E-state index contributed by atoms with van der Waals surface area (Å²) in [4.78, 5) is 1.53. The molecule has 1 heterocycles. The van der Waals surface area contributed by atoms with Gasteiger partial charge in [0.15, 0.2) is 0 Å². The van der Waals surface area contributed by atoms with Crippen LogP contribution in [0.1, 0.15) is 6.42 Å². The van der Waals surface area contributed by atoms with Crippen molar-refractivity contribution in [1.29, 1.82) is 0 Å². The van der Waals surface area contributed by atoms with Crippen LogP contribution in [0.25, 0.3) is 0 Å². The molecule has 0 aromatic heterocycles. The summed E-state index contributed by atoms with van der Waals surface area (Å²) in [5.41, 5.74) is 0. The molecular formula is C13H18ClFN2O3S. The second-order valence-electron chi connectivity index (χ2n) is 4.87. The summed E-state index contributed by atoms with van der Waals surface area (Å²) < 4.78 is 40.3. The predicted octanol–water partition coefficient (Wildman–Crippen LogP) is 1.17. The largest absolute Gasteiger partial charge is 0.395 e.